The smallest absolute Gasteiger partial charge is 0.220 e. The zero-order valence-corrected chi connectivity index (χ0v) is 52.3. The molecule has 9 heteroatoms. The number of allylic oxidation sites excluding steroid dienone is 9. The van der Waals surface area contributed by atoms with Crippen molar-refractivity contribution in [1.29, 1.82) is 0 Å². The van der Waals surface area contributed by atoms with Gasteiger partial charge in [0.15, 0.2) is 6.29 Å². The molecular formula is C71H131NO8. The fraction of sp³-hybridized carbons (Fsp3) is 0.845. The summed E-state index contributed by atoms with van der Waals surface area (Å²) >= 11 is 0. The molecule has 6 N–H and O–H groups in total. The monoisotopic (exact) mass is 1130 g/mol. The molecule has 1 amide bonds. The summed E-state index contributed by atoms with van der Waals surface area (Å²) in [5, 5.41) is 54.6. The number of rotatable bonds is 60. The highest BCUT2D eigenvalue weighted by molar-refractivity contribution is 5.76. The van der Waals surface area contributed by atoms with Crippen molar-refractivity contribution in [2.75, 3.05) is 13.2 Å². The molecule has 0 spiro atoms. The number of unbranched alkanes of at least 4 members (excludes halogenated alkanes) is 42. The quantitative estimate of drug-likeness (QED) is 0.0261. The van der Waals surface area contributed by atoms with Gasteiger partial charge in [-0.15, -0.1) is 0 Å². The second-order valence-corrected chi connectivity index (χ2v) is 24.0. The number of aliphatic hydroxyl groups is 5. The van der Waals surface area contributed by atoms with Crippen molar-refractivity contribution in [1.82, 2.24) is 5.32 Å². The number of carbonyl (C=O) groups is 1. The maximum atomic E-state index is 13.1. The zero-order valence-electron chi connectivity index (χ0n) is 52.3. The predicted molar refractivity (Wildman–Crippen MR) is 341 cm³/mol. The van der Waals surface area contributed by atoms with E-state index in [-0.39, 0.29) is 12.5 Å². The van der Waals surface area contributed by atoms with Gasteiger partial charge in [0.2, 0.25) is 5.91 Å². The van der Waals surface area contributed by atoms with Crippen LogP contribution in [0.25, 0.3) is 0 Å². The third-order valence-corrected chi connectivity index (χ3v) is 16.3. The summed E-state index contributed by atoms with van der Waals surface area (Å²) < 4.78 is 11.3. The molecule has 1 aliphatic rings. The van der Waals surface area contributed by atoms with E-state index in [0.29, 0.717) is 6.42 Å². The molecular weight excluding hydrogens is 995 g/mol. The molecule has 1 rings (SSSR count). The Hall–Kier alpha value is -2.11. The molecule has 0 aromatic heterocycles. The van der Waals surface area contributed by atoms with Gasteiger partial charge >= 0.3 is 0 Å². The lowest BCUT2D eigenvalue weighted by molar-refractivity contribution is -0.302. The number of carbonyl (C=O) groups excluding carboxylic acids is 1. The first kappa shape index (κ1) is 75.9. The Morgan fingerprint density at radius 3 is 1.12 bits per heavy atom. The molecule has 80 heavy (non-hydrogen) atoms. The number of ether oxygens (including phenoxy) is 2. The predicted octanol–water partition coefficient (Wildman–Crippen LogP) is 18.6. The molecule has 468 valence electrons. The lowest BCUT2D eigenvalue weighted by atomic mass is 9.99. The van der Waals surface area contributed by atoms with Crippen LogP contribution in [0, 0.1) is 0 Å². The summed E-state index contributed by atoms with van der Waals surface area (Å²) in [6.45, 7) is 3.77. The van der Waals surface area contributed by atoms with Crippen molar-refractivity contribution >= 4 is 5.91 Å². The Labute approximate surface area is 494 Å². The maximum absolute atomic E-state index is 13.1. The first-order chi connectivity index (χ1) is 39.3. The van der Waals surface area contributed by atoms with E-state index in [1.54, 1.807) is 6.08 Å². The first-order valence-electron chi connectivity index (χ1n) is 34.5. The zero-order chi connectivity index (χ0) is 57.9. The molecule has 0 aliphatic carbocycles. The molecule has 1 heterocycles. The van der Waals surface area contributed by atoms with Crippen molar-refractivity contribution in [3.05, 3.63) is 60.8 Å². The van der Waals surface area contributed by atoms with Crippen LogP contribution in [0.2, 0.25) is 0 Å². The van der Waals surface area contributed by atoms with Gasteiger partial charge in [0, 0.05) is 6.42 Å². The average molecular weight is 1130 g/mol. The summed E-state index contributed by atoms with van der Waals surface area (Å²) in [7, 11) is 0. The second-order valence-electron chi connectivity index (χ2n) is 24.0. The SMILES string of the molecule is CCCCCCC/C=C\C/C=C\CCCCCCCCCCCCCCCCCCCCCCCCCCCCCC(=O)NC(COC1OC(CO)C(O)C(O)C1O)C(O)/C=C/CC/C=C/CC/C=C/CCCCCCCCCC. The number of hydrogen-bond donors (Lipinski definition) is 6. The van der Waals surface area contributed by atoms with Gasteiger partial charge in [-0.2, -0.15) is 0 Å². The highest BCUT2D eigenvalue weighted by Gasteiger charge is 2.44. The van der Waals surface area contributed by atoms with Crippen molar-refractivity contribution < 1.29 is 39.8 Å². The van der Waals surface area contributed by atoms with Gasteiger partial charge in [-0.25, -0.2) is 0 Å². The van der Waals surface area contributed by atoms with Crippen molar-refractivity contribution in [2.45, 2.75) is 371 Å². The Kier molecular flexibility index (Phi) is 57.0. The molecule has 0 aromatic rings. The third-order valence-electron chi connectivity index (χ3n) is 16.3. The van der Waals surface area contributed by atoms with Crippen LogP contribution in [0.5, 0.6) is 0 Å². The fourth-order valence-electron chi connectivity index (χ4n) is 10.9. The molecule has 0 bridgehead atoms. The van der Waals surface area contributed by atoms with E-state index < -0.39 is 49.5 Å². The van der Waals surface area contributed by atoms with Gasteiger partial charge in [-0.3, -0.25) is 4.79 Å². The summed E-state index contributed by atoms with van der Waals surface area (Å²) in [6, 6.07) is -0.829. The van der Waals surface area contributed by atoms with Crippen molar-refractivity contribution in [2.24, 2.45) is 0 Å². The summed E-state index contributed by atoms with van der Waals surface area (Å²) in [5.41, 5.74) is 0. The molecule has 9 nitrogen and oxygen atoms in total. The van der Waals surface area contributed by atoms with Crippen LogP contribution in [0.3, 0.4) is 0 Å². The van der Waals surface area contributed by atoms with Gasteiger partial charge in [-0.1, -0.05) is 306 Å². The molecule has 0 saturated carbocycles. The average Bonchev–Trinajstić information content (AvgIpc) is 3.46. The minimum absolute atomic E-state index is 0.186. The van der Waals surface area contributed by atoms with E-state index in [2.05, 4.69) is 67.8 Å². The first-order valence-corrected chi connectivity index (χ1v) is 34.5. The molecule has 7 atom stereocenters. The lowest BCUT2D eigenvalue weighted by Gasteiger charge is -2.40. The summed E-state index contributed by atoms with van der Waals surface area (Å²) in [5.74, 6) is -0.186. The topological polar surface area (TPSA) is 149 Å². The van der Waals surface area contributed by atoms with E-state index in [1.165, 1.54) is 257 Å². The number of aliphatic hydroxyl groups excluding tert-OH is 5. The van der Waals surface area contributed by atoms with E-state index in [0.717, 1.165) is 51.4 Å². The van der Waals surface area contributed by atoms with Crippen molar-refractivity contribution in [3.8, 4) is 0 Å². The molecule has 7 unspecified atom stereocenters. The van der Waals surface area contributed by atoms with Crippen LogP contribution >= 0.6 is 0 Å². The van der Waals surface area contributed by atoms with Crippen LogP contribution in [0.15, 0.2) is 60.8 Å². The molecule has 0 aromatic carbocycles. The normalized spacial score (nSPS) is 18.8. The second kappa shape index (κ2) is 60.0. The molecule has 1 aliphatic heterocycles. The number of nitrogens with one attached hydrogen (secondary N) is 1. The van der Waals surface area contributed by atoms with E-state index in [4.69, 9.17) is 9.47 Å². The van der Waals surface area contributed by atoms with Crippen LogP contribution in [0.1, 0.15) is 328 Å². The Balaban J connectivity index is 2.07. The van der Waals surface area contributed by atoms with Gasteiger partial charge in [0.05, 0.1) is 25.4 Å². The summed E-state index contributed by atoms with van der Waals surface area (Å²) in [6.07, 6.45) is 76.3. The maximum Gasteiger partial charge on any atom is 0.220 e. The van der Waals surface area contributed by atoms with Gasteiger partial charge in [-0.05, 0) is 77.0 Å². The minimum atomic E-state index is -1.58. The number of hydrogen-bond acceptors (Lipinski definition) is 8. The van der Waals surface area contributed by atoms with Gasteiger partial charge in [0.25, 0.3) is 0 Å². The highest BCUT2D eigenvalue weighted by atomic mass is 16.7. The van der Waals surface area contributed by atoms with Gasteiger partial charge in [0.1, 0.15) is 24.4 Å². The van der Waals surface area contributed by atoms with E-state index >= 15 is 0 Å². The van der Waals surface area contributed by atoms with Crippen LogP contribution in [-0.2, 0) is 14.3 Å². The Morgan fingerprint density at radius 2 is 0.750 bits per heavy atom. The molecule has 1 saturated heterocycles. The minimum Gasteiger partial charge on any atom is -0.394 e. The van der Waals surface area contributed by atoms with E-state index in [9.17, 15) is 30.3 Å². The largest absolute Gasteiger partial charge is 0.394 e. The van der Waals surface area contributed by atoms with E-state index in [1.807, 2.05) is 6.08 Å². The summed E-state index contributed by atoms with van der Waals surface area (Å²) in [4.78, 5) is 13.1. The molecule has 1 fully saturated rings. The van der Waals surface area contributed by atoms with Crippen LogP contribution in [-0.4, -0.2) is 87.5 Å². The lowest BCUT2D eigenvalue weighted by Crippen LogP contribution is -2.60. The standard InChI is InChI=1S/C71H131NO8/c1-3-5-7-9-11-13-15-17-19-21-23-24-25-26-27-28-29-30-31-32-33-34-35-36-37-38-39-40-41-42-43-45-47-49-51-53-55-57-59-61-67(75)72-64(63-79-71-70(78)69(77)68(76)66(62-73)80-71)65(74)60-58-56-54-52-50-48-46-44-22-20-18-16-14-12-10-8-6-4-2/h15,17,21-23,44,50,52,58,60,64-66,68-71,73-74,76-78H,3-14,16,18-20,24-43,45-49,51,53-57,59,61-63H2,1-2H3,(H,72,75)/b17-15-,23-21-,44-22+,52-50+,60-58+. The fourth-order valence-corrected chi connectivity index (χ4v) is 10.9. The van der Waals surface area contributed by atoms with Gasteiger partial charge < -0.3 is 40.3 Å². The third kappa shape index (κ3) is 48.3. The van der Waals surface area contributed by atoms with Crippen molar-refractivity contribution in [3.63, 3.8) is 0 Å². The molecule has 0 radical (unpaired) electrons. The Morgan fingerprint density at radius 1 is 0.425 bits per heavy atom. The number of amides is 1. The van der Waals surface area contributed by atoms with Crippen LogP contribution in [0.4, 0.5) is 0 Å². The Bertz CT molecular complexity index is 1450. The highest BCUT2D eigenvalue weighted by Crippen LogP contribution is 2.23. The van der Waals surface area contributed by atoms with Crippen LogP contribution < -0.4 is 5.32 Å².